The third kappa shape index (κ3) is 4.42. The van der Waals surface area contributed by atoms with E-state index in [2.05, 4.69) is 11.6 Å². The fourth-order valence-electron chi connectivity index (χ4n) is 2.67. The second-order valence-corrected chi connectivity index (χ2v) is 8.06. The summed E-state index contributed by atoms with van der Waals surface area (Å²) >= 11 is 5.95. The molecular formula is C15H22ClNO3S. The third-order valence-electron chi connectivity index (χ3n) is 4.20. The molecule has 1 aromatic rings. The molecule has 1 aliphatic rings. The van der Waals surface area contributed by atoms with E-state index < -0.39 is 10.0 Å². The maximum atomic E-state index is 12.3. The van der Waals surface area contributed by atoms with Crippen LogP contribution in [0.15, 0.2) is 23.1 Å². The van der Waals surface area contributed by atoms with E-state index in [1.807, 2.05) is 0 Å². The molecule has 0 spiro atoms. The lowest BCUT2D eigenvalue weighted by atomic mass is 9.83. The van der Waals surface area contributed by atoms with Gasteiger partial charge in [-0.1, -0.05) is 37.4 Å². The molecule has 6 heteroatoms. The molecule has 0 aromatic heterocycles. The molecule has 0 saturated heterocycles. The van der Waals surface area contributed by atoms with Crippen LogP contribution in [-0.2, 0) is 16.6 Å². The van der Waals surface area contributed by atoms with Crippen molar-refractivity contribution >= 4 is 21.6 Å². The number of sulfonamides is 1. The first-order chi connectivity index (χ1) is 9.92. The van der Waals surface area contributed by atoms with E-state index in [9.17, 15) is 8.42 Å². The molecule has 4 nitrogen and oxygen atoms in total. The molecule has 2 N–H and O–H groups in total. The Balaban J connectivity index is 2.00. The standard InChI is InChI=1S/C15H22ClNO3S/c1-11-2-4-12(5-3-11)9-17-21(19,20)14-7-6-13(10-18)15(16)8-14/h6-8,11-12,17-18H,2-5,9-10H2,1H3. The van der Waals surface area contributed by atoms with E-state index in [1.165, 1.54) is 25.0 Å². The van der Waals surface area contributed by atoms with Crippen molar-refractivity contribution in [3.8, 4) is 0 Å². The van der Waals surface area contributed by atoms with Crippen molar-refractivity contribution < 1.29 is 13.5 Å². The van der Waals surface area contributed by atoms with Gasteiger partial charge in [-0.15, -0.1) is 0 Å². The Bertz CT molecular complexity index is 581. The summed E-state index contributed by atoms with van der Waals surface area (Å²) in [6, 6.07) is 4.40. The van der Waals surface area contributed by atoms with Crippen molar-refractivity contribution in [2.75, 3.05) is 6.54 Å². The van der Waals surface area contributed by atoms with Crippen molar-refractivity contribution in [3.05, 3.63) is 28.8 Å². The molecule has 21 heavy (non-hydrogen) atoms. The Morgan fingerprint density at radius 1 is 1.29 bits per heavy atom. The van der Waals surface area contributed by atoms with Crippen LogP contribution in [0.1, 0.15) is 38.2 Å². The van der Waals surface area contributed by atoms with Gasteiger partial charge in [0.2, 0.25) is 10.0 Å². The predicted molar refractivity (Wildman–Crippen MR) is 83.7 cm³/mol. The van der Waals surface area contributed by atoms with Gasteiger partial charge < -0.3 is 5.11 Å². The summed E-state index contributed by atoms with van der Waals surface area (Å²) in [6.07, 6.45) is 4.49. The smallest absolute Gasteiger partial charge is 0.240 e. The maximum Gasteiger partial charge on any atom is 0.240 e. The average Bonchev–Trinajstić information content (AvgIpc) is 2.46. The zero-order valence-corrected chi connectivity index (χ0v) is 13.8. The topological polar surface area (TPSA) is 66.4 Å². The van der Waals surface area contributed by atoms with Crippen molar-refractivity contribution in [1.29, 1.82) is 0 Å². The SMILES string of the molecule is CC1CCC(CNS(=O)(=O)c2ccc(CO)c(Cl)c2)CC1. The van der Waals surface area contributed by atoms with Gasteiger partial charge in [0, 0.05) is 11.6 Å². The van der Waals surface area contributed by atoms with Crippen LogP contribution in [0.3, 0.4) is 0 Å². The van der Waals surface area contributed by atoms with Crippen LogP contribution < -0.4 is 4.72 Å². The van der Waals surface area contributed by atoms with Gasteiger partial charge in [-0.2, -0.15) is 0 Å². The fourth-order valence-corrected chi connectivity index (χ4v) is 4.11. The first-order valence-corrected chi connectivity index (χ1v) is 9.17. The fraction of sp³-hybridized carbons (Fsp3) is 0.600. The molecule has 1 aliphatic carbocycles. The van der Waals surface area contributed by atoms with Crippen molar-refractivity contribution in [2.45, 2.75) is 44.1 Å². The number of benzene rings is 1. The molecule has 0 atom stereocenters. The minimum absolute atomic E-state index is 0.147. The molecule has 0 aliphatic heterocycles. The highest BCUT2D eigenvalue weighted by Gasteiger charge is 2.21. The summed E-state index contributed by atoms with van der Waals surface area (Å²) in [5, 5.41) is 9.33. The first kappa shape index (κ1) is 16.7. The van der Waals surface area contributed by atoms with E-state index >= 15 is 0 Å². The first-order valence-electron chi connectivity index (χ1n) is 7.31. The Morgan fingerprint density at radius 2 is 1.95 bits per heavy atom. The summed E-state index contributed by atoms with van der Waals surface area (Å²) in [5.74, 6) is 1.17. The molecular weight excluding hydrogens is 310 g/mol. The number of nitrogens with one attached hydrogen (secondary N) is 1. The quantitative estimate of drug-likeness (QED) is 0.871. The molecule has 0 bridgehead atoms. The zero-order chi connectivity index (χ0) is 15.5. The number of rotatable bonds is 5. The van der Waals surface area contributed by atoms with Crippen LogP contribution in [0.5, 0.6) is 0 Å². The maximum absolute atomic E-state index is 12.3. The minimum atomic E-state index is -3.54. The van der Waals surface area contributed by atoms with E-state index in [-0.39, 0.29) is 16.5 Å². The number of hydrogen-bond acceptors (Lipinski definition) is 3. The van der Waals surface area contributed by atoms with Crippen LogP contribution in [0.2, 0.25) is 5.02 Å². The molecule has 1 saturated carbocycles. The number of halogens is 1. The van der Waals surface area contributed by atoms with Gasteiger partial charge in [0.1, 0.15) is 0 Å². The van der Waals surface area contributed by atoms with Gasteiger partial charge >= 0.3 is 0 Å². The molecule has 1 fully saturated rings. The highest BCUT2D eigenvalue weighted by Crippen LogP contribution is 2.28. The summed E-state index contributed by atoms with van der Waals surface area (Å²) < 4.78 is 27.2. The lowest BCUT2D eigenvalue weighted by Crippen LogP contribution is -2.31. The van der Waals surface area contributed by atoms with E-state index in [0.717, 1.165) is 18.8 Å². The zero-order valence-electron chi connectivity index (χ0n) is 12.2. The largest absolute Gasteiger partial charge is 0.392 e. The second kappa shape index (κ2) is 7.09. The summed E-state index contributed by atoms with van der Waals surface area (Å²) in [6.45, 7) is 2.52. The van der Waals surface area contributed by atoms with Crippen LogP contribution in [0.25, 0.3) is 0 Å². The Hall–Kier alpha value is -0.620. The Morgan fingerprint density at radius 3 is 2.52 bits per heavy atom. The van der Waals surface area contributed by atoms with E-state index in [0.29, 0.717) is 18.0 Å². The van der Waals surface area contributed by atoms with Crippen LogP contribution in [0, 0.1) is 11.8 Å². The van der Waals surface area contributed by atoms with Crippen LogP contribution >= 0.6 is 11.6 Å². The Labute approximate surface area is 131 Å². The van der Waals surface area contributed by atoms with Gasteiger partial charge in [0.05, 0.1) is 11.5 Å². The normalized spacial score (nSPS) is 23.2. The molecule has 2 rings (SSSR count). The predicted octanol–water partition coefficient (Wildman–Crippen LogP) is 2.94. The molecule has 1 aromatic carbocycles. The van der Waals surface area contributed by atoms with Gasteiger partial charge in [0.25, 0.3) is 0 Å². The molecule has 0 unspecified atom stereocenters. The third-order valence-corrected chi connectivity index (χ3v) is 5.98. The Kier molecular flexibility index (Phi) is 5.66. The highest BCUT2D eigenvalue weighted by molar-refractivity contribution is 7.89. The monoisotopic (exact) mass is 331 g/mol. The molecule has 0 heterocycles. The van der Waals surface area contributed by atoms with E-state index in [4.69, 9.17) is 16.7 Å². The van der Waals surface area contributed by atoms with E-state index in [1.54, 1.807) is 6.07 Å². The minimum Gasteiger partial charge on any atom is -0.392 e. The molecule has 118 valence electrons. The average molecular weight is 332 g/mol. The number of aliphatic hydroxyl groups is 1. The summed E-state index contributed by atoms with van der Waals surface area (Å²) in [7, 11) is -3.54. The number of aliphatic hydroxyl groups excluding tert-OH is 1. The van der Waals surface area contributed by atoms with Gasteiger partial charge in [-0.25, -0.2) is 13.1 Å². The highest BCUT2D eigenvalue weighted by atomic mass is 35.5. The molecule has 0 radical (unpaired) electrons. The van der Waals surface area contributed by atoms with Crippen LogP contribution in [0.4, 0.5) is 0 Å². The van der Waals surface area contributed by atoms with Gasteiger partial charge in [-0.3, -0.25) is 0 Å². The lowest BCUT2D eigenvalue weighted by molar-refractivity contribution is 0.282. The van der Waals surface area contributed by atoms with Crippen molar-refractivity contribution in [1.82, 2.24) is 4.72 Å². The van der Waals surface area contributed by atoms with Gasteiger partial charge in [-0.05, 0) is 42.4 Å². The van der Waals surface area contributed by atoms with Gasteiger partial charge in [0.15, 0.2) is 0 Å². The lowest BCUT2D eigenvalue weighted by Gasteiger charge is -2.26. The summed E-state index contributed by atoms with van der Waals surface area (Å²) in [5.41, 5.74) is 0.525. The summed E-state index contributed by atoms with van der Waals surface area (Å²) in [4.78, 5) is 0.147. The van der Waals surface area contributed by atoms with Crippen molar-refractivity contribution in [2.24, 2.45) is 11.8 Å². The van der Waals surface area contributed by atoms with Crippen LogP contribution in [-0.4, -0.2) is 20.1 Å². The van der Waals surface area contributed by atoms with Crippen molar-refractivity contribution in [3.63, 3.8) is 0 Å². The second-order valence-electron chi connectivity index (χ2n) is 5.89. The molecule has 0 amide bonds. The number of hydrogen-bond donors (Lipinski definition) is 2.